The van der Waals surface area contributed by atoms with Crippen LogP contribution in [-0.4, -0.2) is 16.9 Å². The molecule has 2 N–H and O–H groups in total. The first-order valence-electron chi connectivity index (χ1n) is 5.88. The predicted molar refractivity (Wildman–Crippen MR) is 87.3 cm³/mol. The van der Waals surface area contributed by atoms with E-state index in [1.54, 1.807) is 13.3 Å². The van der Waals surface area contributed by atoms with Crippen LogP contribution in [0.5, 0.6) is 5.75 Å². The van der Waals surface area contributed by atoms with Crippen molar-refractivity contribution in [2.75, 3.05) is 7.11 Å². The van der Waals surface area contributed by atoms with Gasteiger partial charge in [0.15, 0.2) is 5.75 Å². The monoisotopic (exact) mass is 435 g/mol. The van der Waals surface area contributed by atoms with Crippen molar-refractivity contribution in [2.24, 2.45) is 5.73 Å². The van der Waals surface area contributed by atoms with Gasteiger partial charge >= 0.3 is 0 Å². The van der Waals surface area contributed by atoms with Crippen LogP contribution in [0, 0.1) is 3.57 Å². The first-order chi connectivity index (χ1) is 9.08. The molecule has 0 amide bonds. The molecule has 0 saturated carbocycles. The zero-order chi connectivity index (χ0) is 14.0. The van der Waals surface area contributed by atoms with E-state index in [0.29, 0.717) is 0 Å². The molecule has 0 spiro atoms. The van der Waals surface area contributed by atoms with Crippen molar-refractivity contribution in [3.8, 4) is 5.75 Å². The first-order valence-corrected chi connectivity index (χ1v) is 7.75. The Balaban J connectivity index is 2.51. The third kappa shape index (κ3) is 2.95. The number of aryl methyl sites for hydroxylation is 1. The molecule has 1 unspecified atom stereocenters. The van der Waals surface area contributed by atoms with Crippen molar-refractivity contribution in [3.63, 3.8) is 0 Å². The molecule has 0 aliphatic heterocycles. The fourth-order valence-corrected chi connectivity index (χ4v) is 3.01. The quantitative estimate of drug-likeness (QED) is 0.749. The topological polar surface area (TPSA) is 53.1 Å². The molecule has 19 heavy (non-hydrogen) atoms. The van der Waals surface area contributed by atoms with E-state index in [1.807, 2.05) is 23.7 Å². The van der Waals surface area contributed by atoms with Crippen LogP contribution in [0.4, 0.5) is 0 Å². The maximum absolute atomic E-state index is 6.41. The molecule has 0 aliphatic carbocycles. The summed E-state index contributed by atoms with van der Waals surface area (Å²) in [6.07, 6.45) is 1.71. The molecule has 102 valence electrons. The largest absolute Gasteiger partial charge is 0.493 e. The number of nitrogens with zero attached hydrogens (tertiary/aromatic N) is 2. The molecule has 0 aliphatic rings. The molecule has 0 radical (unpaired) electrons. The lowest BCUT2D eigenvalue weighted by Gasteiger charge is -2.17. The van der Waals surface area contributed by atoms with Gasteiger partial charge in [-0.05, 0) is 53.3 Å². The van der Waals surface area contributed by atoms with Crippen molar-refractivity contribution in [3.05, 3.63) is 43.7 Å². The van der Waals surface area contributed by atoms with Gasteiger partial charge in [-0.1, -0.05) is 15.9 Å². The number of hydrogen-bond donors (Lipinski definition) is 1. The average Bonchev–Trinajstić information content (AvgIpc) is 2.83. The molecule has 1 aromatic carbocycles. The summed E-state index contributed by atoms with van der Waals surface area (Å²) < 4.78 is 9.37. The van der Waals surface area contributed by atoms with Crippen LogP contribution >= 0.6 is 38.5 Å². The van der Waals surface area contributed by atoms with Crippen LogP contribution in [-0.2, 0) is 6.54 Å². The van der Waals surface area contributed by atoms with Crippen LogP contribution in [0.3, 0.4) is 0 Å². The predicted octanol–water partition coefficient (Wildman–Crippen LogP) is 3.33. The highest BCUT2D eigenvalue weighted by Crippen LogP contribution is 2.32. The van der Waals surface area contributed by atoms with Crippen molar-refractivity contribution >= 4 is 38.5 Å². The van der Waals surface area contributed by atoms with Gasteiger partial charge in [0.1, 0.15) is 5.69 Å². The van der Waals surface area contributed by atoms with Crippen molar-refractivity contribution in [2.45, 2.75) is 19.5 Å². The van der Waals surface area contributed by atoms with E-state index in [9.17, 15) is 0 Å². The maximum atomic E-state index is 6.41. The van der Waals surface area contributed by atoms with Crippen LogP contribution in [0.15, 0.2) is 28.9 Å². The first kappa shape index (κ1) is 14.8. The summed E-state index contributed by atoms with van der Waals surface area (Å²) in [6.45, 7) is 2.79. The Morgan fingerprint density at radius 2 is 2.26 bits per heavy atom. The van der Waals surface area contributed by atoms with E-state index in [2.05, 4.69) is 49.7 Å². The van der Waals surface area contributed by atoms with Gasteiger partial charge in [0, 0.05) is 14.6 Å². The van der Waals surface area contributed by atoms with Gasteiger partial charge in [-0.25, -0.2) is 0 Å². The van der Waals surface area contributed by atoms with E-state index in [4.69, 9.17) is 10.5 Å². The standard InChI is InChI=1S/C13H15BrIN3O/c1-3-18-13(11(19-2)7-17-18)12(16)9-6-8(15)4-5-10(9)14/h4-7,12H,3,16H2,1-2H3. The van der Waals surface area contributed by atoms with Gasteiger partial charge in [0.25, 0.3) is 0 Å². The smallest absolute Gasteiger partial charge is 0.161 e. The highest BCUT2D eigenvalue weighted by atomic mass is 127. The fraction of sp³-hybridized carbons (Fsp3) is 0.308. The molecule has 0 fully saturated rings. The minimum Gasteiger partial charge on any atom is -0.493 e. The summed E-state index contributed by atoms with van der Waals surface area (Å²) in [6, 6.07) is 5.84. The lowest BCUT2D eigenvalue weighted by atomic mass is 10.0. The van der Waals surface area contributed by atoms with Gasteiger partial charge < -0.3 is 10.5 Å². The minimum absolute atomic E-state index is 0.276. The highest BCUT2D eigenvalue weighted by molar-refractivity contribution is 14.1. The molecule has 0 bridgehead atoms. The van der Waals surface area contributed by atoms with Gasteiger partial charge in [-0.15, -0.1) is 0 Å². The summed E-state index contributed by atoms with van der Waals surface area (Å²) in [4.78, 5) is 0. The Morgan fingerprint density at radius 3 is 2.89 bits per heavy atom. The SMILES string of the molecule is CCn1ncc(OC)c1C(N)c1cc(I)ccc1Br. The molecular formula is C13H15BrIN3O. The second kappa shape index (κ2) is 6.23. The number of ether oxygens (including phenoxy) is 1. The van der Waals surface area contributed by atoms with Gasteiger partial charge in [0.2, 0.25) is 0 Å². The van der Waals surface area contributed by atoms with E-state index >= 15 is 0 Å². The van der Waals surface area contributed by atoms with Gasteiger partial charge in [-0.2, -0.15) is 5.10 Å². The Morgan fingerprint density at radius 1 is 1.53 bits per heavy atom. The molecule has 2 rings (SSSR count). The number of rotatable bonds is 4. The summed E-state index contributed by atoms with van der Waals surface area (Å²) in [7, 11) is 1.64. The second-order valence-corrected chi connectivity index (χ2v) is 6.16. The highest BCUT2D eigenvalue weighted by Gasteiger charge is 2.21. The third-order valence-electron chi connectivity index (χ3n) is 2.95. The molecule has 1 heterocycles. The third-order valence-corrected chi connectivity index (χ3v) is 4.35. The molecule has 2 aromatic rings. The minimum atomic E-state index is -0.276. The number of aromatic nitrogens is 2. The zero-order valence-electron chi connectivity index (χ0n) is 10.7. The van der Waals surface area contributed by atoms with E-state index in [-0.39, 0.29) is 6.04 Å². The Kier molecular flexibility index (Phi) is 4.86. The molecule has 4 nitrogen and oxygen atoms in total. The number of hydrogen-bond acceptors (Lipinski definition) is 3. The fourth-order valence-electron chi connectivity index (χ4n) is 2.00. The number of methoxy groups -OCH3 is 1. The van der Waals surface area contributed by atoms with Crippen LogP contribution in [0.2, 0.25) is 0 Å². The van der Waals surface area contributed by atoms with E-state index in [0.717, 1.165) is 31.6 Å². The summed E-state index contributed by atoms with van der Waals surface area (Å²) >= 11 is 5.83. The molecule has 0 saturated heterocycles. The van der Waals surface area contributed by atoms with Crippen LogP contribution < -0.4 is 10.5 Å². The van der Waals surface area contributed by atoms with Crippen LogP contribution in [0.1, 0.15) is 24.2 Å². The van der Waals surface area contributed by atoms with E-state index in [1.165, 1.54) is 0 Å². The lowest BCUT2D eigenvalue weighted by Crippen LogP contribution is -2.18. The summed E-state index contributed by atoms with van der Waals surface area (Å²) in [5.41, 5.74) is 8.33. The number of halogens is 2. The van der Waals surface area contributed by atoms with Gasteiger partial charge in [-0.3, -0.25) is 4.68 Å². The van der Waals surface area contributed by atoms with Crippen molar-refractivity contribution in [1.29, 1.82) is 0 Å². The Labute approximate surface area is 134 Å². The van der Waals surface area contributed by atoms with Crippen LogP contribution in [0.25, 0.3) is 0 Å². The van der Waals surface area contributed by atoms with Crippen molar-refractivity contribution in [1.82, 2.24) is 9.78 Å². The lowest BCUT2D eigenvalue weighted by molar-refractivity contribution is 0.404. The summed E-state index contributed by atoms with van der Waals surface area (Å²) in [5, 5.41) is 4.30. The summed E-state index contributed by atoms with van der Waals surface area (Å²) in [5.74, 6) is 0.722. The normalized spacial score (nSPS) is 12.5. The van der Waals surface area contributed by atoms with Crippen molar-refractivity contribution < 1.29 is 4.74 Å². The molecular weight excluding hydrogens is 421 g/mol. The van der Waals surface area contributed by atoms with E-state index < -0.39 is 0 Å². The van der Waals surface area contributed by atoms with Gasteiger partial charge in [0.05, 0.1) is 19.3 Å². The molecule has 6 heteroatoms. The zero-order valence-corrected chi connectivity index (χ0v) is 14.5. The molecule has 1 aromatic heterocycles. The Hall–Kier alpha value is -0.600. The maximum Gasteiger partial charge on any atom is 0.161 e. The number of benzene rings is 1. The number of nitrogens with two attached hydrogens (primary N) is 1. The second-order valence-electron chi connectivity index (χ2n) is 4.06. The Bertz CT molecular complexity index is 564. The molecule has 1 atom stereocenters. The average molecular weight is 436 g/mol.